The van der Waals surface area contributed by atoms with Crippen LogP contribution < -0.4 is 10.2 Å². The Balaban J connectivity index is 1.59. The molecule has 1 N–H and O–H groups in total. The highest BCUT2D eigenvalue weighted by Crippen LogP contribution is 2.65. The molecule has 0 saturated heterocycles. The Kier molecular flexibility index (Phi) is 3.11. The molecule has 1 aliphatic carbocycles. The Labute approximate surface area is 192 Å². The van der Waals surface area contributed by atoms with Crippen LogP contribution in [0.4, 0.5) is 28.4 Å². The van der Waals surface area contributed by atoms with Crippen molar-refractivity contribution in [1.82, 2.24) is 0 Å². The molecule has 2 nitrogen and oxygen atoms in total. The third-order valence-electron chi connectivity index (χ3n) is 7.58. The van der Waals surface area contributed by atoms with Crippen LogP contribution in [0.3, 0.4) is 0 Å². The minimum atomic E-state index is -0.348. The van der Waals surface area contributed by atoms with Crippen LogP contribution in [0.2, 0.25) is 0 Å². The minimum Gasteiger partial charge on any atom is -0.352 e. The van der Waals surface area contributed by atoms with Crippen molar-refractivity contribution in [3.8, 4) is 11.1 Å². The summed E-state index contributed by atoms with van der Waals surface area (Å²) in [5, 5.41) is 3.72. The van der Waals surface area contributed by atoms with Gasteiger partial charge in [-0.15, -0.1) is 0 Å². The van der Waals surface area contributed by atoms with Crippen molar-refractivity contribution in [2.24, 2.45) is 0 Å². The Bertz CT molecular complexity index is 1570. The van der Waals surface area contributed by atoms with E-state index < -0.39 is 0 Å². The van der Waals surface area contributed by atoms with Crippen LogP contribution in [0, 0.1) is 0 Å². The summed E-state index contributed by atoms with van der Waals surface area (Å²) in [5.74, 6) is 0. The molecule has 1 spiro atoms. The monoisotopic (exact) mass is 420 g/mol. The van der Waals surface area contributed by atoms with Crippen LogP contribution >= 0.6 is 0 Å². The Morgan fingerprint density at radius 2 is 1.00 bits per heavy atom. The molecule has 5 aromatic rings. The lowest BCUT2D eigenvalue weighted by atomic mass is 9.64. The quantitative estimate of drug-likeness (QED) is 0.268. The van der Waals surface area contributed by atoms with Gasteiger partial charge >= 0.3 is 0 Å². The van der Waals surface area contributed by atoms with Crippen molar-refractivity contribution in [3.63, 3.8) is 0 Å². The van der Waals surface area contributed by atoms with E-state index in [0.717, 1.165) is 11.4 Å². The van der Waals surface area contributed by atoms with Crippen molar-refractivity contribution in [1.29, 1.82) is 0 Å². The van der Waals surface area contributed by atoms with Crippen LogP contribution in [0.5, 0.6) is 0 Å². The van der Waals surface area contributed by atoms with Gasteiger partial charge < -0.3 is 10.2 Å². The Morgan fingerprint density at radius 1 is 0.455 bits per heavy atom. The van der Waals surface area contributed by atoms with Gasteiger partial charge in [0, 0.05) is 0 Å². The smallest absolute Gasteiger partial charge is 0.0755 e. The van der Waals surface area contributed by atoms with Gasteiger partial charge in [-0.25, -0.2) is 0 Å². The Hall–Kier alpha value is -4.30. The summed E-state index contributed by atoms with van der Waals surface area (Å²) in [5.41, 5.74) is 13.7. The molecule has 5 aromatic carbocycles. The van der Waals surface area contributed by atoms with Crippen molar-refractivity contribution >= 4 is 28.4 Å². The summed E-state index contributed by atoms with van der Waals surface area (Å²) < 4.78 is 0. The van der Waals surface area contributed by atoms with Gasteiger partial charge in [0.25, 0.3) is 0 Å². The van der Waals surface area contributed by atoms with E-state index >= 15 is 0 Å². The van der Waals surface area contributed by atoms with E-state index in [1.165, 1.54) is 50.4 Å². The van der Waals surface area contributed by atoms with Gasteiger partial charge in [0.15, 0.2) is 0 Å². The van der Waals surface area contributed by atoms with E-state index in [2.05, 4.69) is 125 Å². The van der Waals surface area contributed by atoms with Gasteiger partial charge in [-0.3, -0.25) is 0 Å². The molecular formula is C31H20N2. The number of nitrogens with one attached hydrogen (secondary N) is 1. The molecule has 2 heteroatoms. The number of nitrogens with zero attached hydrogens (tertiary/aromatic N) is 1. The highest BCUT2D eigenvalue weighted by molar-refractivity contribution is 6.04. The lowest BCUT2D eigenvalue weighted by molar-refractivity contribution is 0.752. The van der Waals surface area contributed by atoms with Crippen LogP contribution in [-0.4, -0.2) is 0 Å². The fourth-order valence-corrected chi connectivity index (χ4v) is 6.42. The normalized spacial score (nSPS) is 15.1. The molecule has 8 rings (SSSR count). The van der Waals surface area contributed by atoms with Crippen molar-refractivity contribution in [3.05, 3.63) is 138 Å². The van der Waals surface area contributed by atoms with E-state index in [4.69, 9.17) is 0 Å². The molecule has 3 aliphatic rings. The van der Waals surface area contributed by atoms with Crippen molar-refractivity contribution in [2.75, 3.05) is 10.2 Å². The minimum absolute atomic E-state index is 0.348. The molecule has 0 aromatic heterocycles. The fraction of sp³-hybridized carbons (Fsp3) is 0.0323. The molecule has 0 bridgehead atoms. The second-order valence-electron chi connectivity index (χ2n) is 9.04. The topological polar surface area (TPSA) is 15.3 Å². The molecule has 0 saturated carbocycles. The molecule has 2 heterocycles. The zero-order chi connectivity index (χ0) is 21.6. The van der Waals surface area contributed by atoms with Crippen LogP contribution in [-0.2, 0) is 5.41 Å². The average Bonchev–Trinajstić information content (AvgIpc) is 3.18. The number of hydrogen-bond acceptors (Lipinski definition) is 2. The number of fused-ring (bicyclic) bond motifs is 11. The summed E-state index contributed by atoms with van der Waals surface area (Å²) in [4.78, 5) is 2.46. The van der Waals surface area contributed by atoms with Gasteiger partial charge in [0.05, 0.1) is 33.9 Å². The first kappa shape index (κ1) is 17.3. The maximum absolute atomic E-state index is 3.72. The standard InChI is InChI=1S/C31H20N2/c1-3-12-22-20(10-1)21-11-2-4-13-23(21)31(22)24-14-5-7-18-28(24)33-29-19-8-6-16-26(29)32-27-17-9-15-25(31)30(27)33/h1-19,32H. The van der Waals surface area contributed by atoms with Gasteiger partial charge in [-0.05, 0) is 57.6 Å². The third kappa shape index (κ3) is 1.92. The average molecular weight is 421 g/mol. The number of hydrogen-bond donors (Lipinski definition) is 1. The fourth-order valence-electron chi connectivity index (χ4n) is 6.42. The van der Waals surface area contributed by atoms with Crippen LogP contribution in [0.1, 0.15) is 22.3 Å². The second kappa shape index (κ2) is 5.93. The molecule has 2 aliphatic heterocycles. The summed E-state index contributed by atoms with van der Waals surface area (Å²) in [6, 6.07) is 42.2. The Morgan fingerprint density at radius 3 is 1.76 bits per heavy atom. The highest BCUT2D eigenvalue weighted by Gasteiger charge is 2.52. The second-order valence-corrected chi connectivity index (χ2v) is 9.04. The summed E-state index contributed by atoms with van der Waals surface area (Å²) in [6.07, 6.45) is 0. The van der Waals surface area contributed by atoms with Gasteiger partial charge in [0.2, 0.25) is 0 Å². The maximum atomic E-state index is 3.72. The lowest BCUT2D eigenvalue weighted by Crippen LogP contribution is -2.37. The van der Waals surface area contributed by atoms with Crippen LogP contribution in [0.15, 0.2) is 115 Å². The molecule has 154 valence electrons. The first-order chi connectivity index (χ1) is 16.4. The summed E-state index contributed by atoms with van der Waals surface area (Å²) >= 11 is 0. The molecule has 0 radical (unpaired) electrons. The summed E-state index contributed by atoms with van der Waals surface area (Å²) in [7, 11) is 0. The van der Waals surface area contributed by atoms with Gasteiger partial charge in [-0.2, -0.15) is 0 Å². The predicted molar refractivity (Wildman–Crippen MR) is 135 cm³/mol. The molecular weight excluding hydrogens is 400 g/mol. The van der Waals surface area contributed by atoms with Crippen molar-refractivity contribution < 1.29 is 0 Å². The molecule has 0 unspecified atom stereocenters. The van der Waals surface area contributed by atoms with E-state index in [1.807, 2.05) is 0 Å². The van der Waals surface area contributed by atoms with E-state index in [9.17, 15) is 0 Å². The zero-order valence-corrected chi connectivity index (χ0v) is 17.9. The maximum Gasteiger partial charge on any atom is 0.0755 e. The number of rotatable bonds is 0. The third-order valence-corrected chi connectivity index (χ3v) is 7.58. The lowest BCUT2D eigenvalue weighted by Gasteiger charge is -2.47. The van der Waals surface area contributed by atoms with Gasteiger partial charge in [0.1, 0.15) is 0 Å². The molecule has 0 atom stereocenters. The summed E-state index contributed by atoms with van der Waals surface area (Å²) in [6.45, 7) is 0. The zero-order valence-electron chi connectivity index (χ0n) is 17.9. The SMILES string of the molecule is c1ccc2c(c1)Nc1cccc3c1N2c1ccccc1C31c2ccccc2-c2ccccc21. The van der Waals surface area contributed by atoms with Gasteiger partial charge in [-0.1, -0.05) is 91.0 Å². The van der Waals surface area contributed by atoms with Crippen molar-refractivity contribution in [2.45, 2.75) is 5.41 Å². The number of para-hydroxylation sites is 4. The molecule has 33 heavy (non-hydrogen) atoms. The number of benzene rings is 5. The molecule has 0 fully saturated rings. The highest BCUT2D eigenvalue weighted by atomic mass is 15.2. The molecule has 0 amide bonds. The van der Waals surface area contributed by atoms with E-state index in [1.54, 1.807) is 0 Å². The van der Waals surface area contributed by atoms with Crippen LogP contribution in [0.25, 0.3) is 11.1 Å². The predicted octanol–water partition coefficient (Wildman–Crippen LogP) is 7.89. The largest absolute Gasteiger partial charge is 0.352 e. The first-order valence-corrected chi connectivity index (χ1v) is 11.5. The number of anilines is 5. The van der Waals surface area contributed by atoms with E-state index in [-0.39, 0.29) is 5.41 Å². The first-order valence-electron chi connectivity index (χ1n) is 11.5. The van der Waals surface area contributed by atoms with E-state index in [0.29, 0.717) is 0 Å².